The van der Waals surface area contributed by atoms with E-state index in [2.05, 4.69) is 17.4 Å². The Balaban J connectivity index is 1.36. The summed E-state index contributed by atoms with van der Waals surface area (Å²) in [5, 5.41) is 15.7. The van der Waals surface area contributed by atoms with Gasteiger partial charge >= 0.3 is 5.97 Å². The summed E-state index contributed by atoms with van der Waals surface area (Å²) in [6.45, 7) is 0.997. The normalized spacial score (nSPS) is 13.5. The van der Waals surface area contributed by atoms with E-state index >= 15 is 0 Å². The Hall–Kier alpha value is -3.26. The minimum atomic E-state index is -0.868. The number of hydrogen-bond donors (Lipinski definition) is 2. The fraction of sp³-hybridized carbons (Fsp3) is 0.407. The van der Waals surface area contributed by atoms with E-state index in [1.165, 1.54) is 28.2 Å². The van der Waals surface area contributed by atoms with E-state index in [-0.39, 0.29) is 18.2 Å². The van der Waals surface area contributed by atoms with Crippen LogP contribution in [0.4, 0.5) is 5.82 Å². The number of pyridine rings is 1. The maximum atomic E-state index is 12.2. The number of carbonyl (C=O) groups excluding carboxylic acids is 1. The van der Waals surface area contributed by atoms with Gasteiger partial charge in [0, 0.05) is 43.2 Å². The molecule has 0 spiro atoms. The lowest BCUT2D eigenvalue weighted by Crippen LogP contribution is -2.21. The molecule has 0 unspecified atom stereocenters. The van der Waals surface area contributed by atoms with Crippen LogP contribution in [0.3, 0.4) is 0 Å². The largest absolute Gasteiger partial charge is 0.481 e. The number of hydrogen-bond acceptors (Lipinski definition) is 6. The van der Waals surface area contributed by atoms with Gasteiger partial charge in [-0.1, -0.05) is 18.2 Å². The number of unbranched alkanes of at least 4 members (excludes halogenated alkanes) is 1. The summed E-state index contributed by atoms with van der Waals surface area (Å²) in [6.07, 6.45) is 6.05. The zero-order valence-corrected chi connectivity index (χ0v) is 21.1. The molecule has 1 aromatic carbocycles. The lowest BCUT2D eigenvalue weighted by atomic mass is 9.95. The molecular formula is C27H32N4O3S. The molecular weight excluding hydrogens is 460 g/mol. The molecule has 3 heterocycles. The van der Waals surface area contributed by atoms with E-state index in [4.69, 9.17) is 9.97 Å². The van der Waals surface area contributed by atoms with Crippen molar-refractivity contribution in [3.63, 3.8) is 0 Å². The number of rotatable bonds is 10. The van der Waals surface area contributed by atoms with E-state index in [0.29, 0.717) is 5.56 Å². The maximum absolute atomic E-state index is 12.2. The summed E-state index contributed by atoms with van der Waals surface area (Å²) in [5.74, 6) is -0.236. The van der Waals surface area contributed by atoms with Crippen molar-refractivity contribution in [3.8, 4) is 0 Å². The molecule has 1 amide bonds. The van der Waals surface area contributed by atoms with Crippen LogP contribution >= 0.6 is 11.3 Å². The number of aromatic nitrogens is 2. The second-order valence-corrected chi connectivity index (χ2v) is 10.1. The molecule has 1 aliphatic rings. The van der Waals surface area contributed by atoms with E-state index in [1.807, 2.05) is 17.5 Å². The first-order chi connectivity index (χ1) is 16.9. The number of carboxylic acids is 1. The van der Waals surface area contributed by atoms with Crippen LogP contribution in [0.5, 0.6) is 0 Å². The van der Waals surface area contributed by atoms with Crippen molar-refractivity contribution in [2.75, 3.05) is 26.0 Å². The predicted molar refractivity (Wildman–Crippen MR) is 138 cm³/mol. The molecule has 7 nitrogen and oxygen atoms in total. The standard InChI is InChI=1S/C27H32N4O3S/c1-31(2)27(34)20-11-9-18(10-12-20)23(16-24(32)33)26-30-22(17-35-26)8-4-3-7-21-14-13-19-6-5-15-28-25(19)29-21/h9-14,17,23H,3-8,15-16H2,1-2H3,(H,28,29)(H,32,33)/t23-/m1/s1. The Morgan fingerprint density at radius 1 is 1.06 bits per heavy atom. The number of thiazole rings is 1. The average molecular weight is 493 g/mol. The van der Waals surface area contributed by atoms with E-state index in [0.717, 1.165) is 66.4 Å². The second kappa shape index (κ2) is 11.4. The Bertz CT molecular complexity index is 1170. The van der Waals surface area contributed by atoms with Gasteiger partial charge in [0.05, 0.1) is 12.1 Å². The zero-order chi connectivity index (χ0) is 24.8. The number of aliphatic carboxylic acids is 1. The van der Waals surface area contributed by atoms with Crippen LogP contribution < -0.4 is 5.32 Å². The van der Waals surface area contributed by atoms with Gasteiger partial charge in [-0.2, -0.15) is 0 Å². The van der Waals surface area contributed by atoms with E-state index < -0.39 is 5.97 Å². The van der Waals surface area contributed by atoms with Crippen molar-refractivity contribution in [2.45, 2.75) is 50.9 Å². The topological polar surface area (TPSA) is 95.4 Å². The number of benzene rings is 1. The molecule has 2 aromatic heterocycles. The van der Waals surface area contributed by atoms with Gasteiger partial charge in [0.25, 0.3) is 5.91 Å². The molecule has 4 rings (SSSR count). The third-order valence-electron chi connectivity index (χ3n) is 6.28. The molecule has 1 atom stereocenters. The second-order valence-electron chi connectivity index (χ2n) is 9.20. The molecule has 0 aliphatic carbocycles. The molecule has 35 heavy (non-hydrogen) atoms. The fourth-order valence-electron chi connectivity index (χ4n) is 4.36. The van der Waals surface area contributed by atoms with Crippen molar-refractivity contribution < 1.29 is 14.7 Å². The highest BCUT2D eigenvalue weighted by molar-refractivity contribution is 7.09. The van der Waals surface area contributed by atoms with Crippen LogP contribution in [0.1, 0.15) is 69.5 Å². The summed E-state index contributed by atoms with van der Waals surface area (Å²) < 4.78 is 0. The van der Waals surface area contributed by atoms with Crippen molar-refractivity contribution in [1.82, 2.24) is 14.9 Å². The molecule has 184 valence electrons. The highest BCUT2D eigenvalue weighted by Crippen LogP contribution is 2.31. The first-order valence-corrected chi connectivity index (χ1v) is 13.0. The molecule has 0 saturated carbocycles. The van der Waals surface area contributed by atoms with Crippen molar-refractivity contribution >= 4 is 29.0 Å². The summed E-state index contributed by atoms with van der Waals surface area (Å²) in [4.78, 5) is 34.8. The van der Waals surface area contributed by atoms with Gasteiger partial charge in [-0.25, -0.2) is 9.97 Å². The number of carbonyl (C=O) groups is 2. The quantitative estimate of drug-likeness (QED) is 0.396. The van der Waals surface area contributed by atoms with Crippen LogP contribution in [0.25, 0.3) is 0 Å². The van der Waals surface area contributed by atoms with E-state index in [1.54, 1.807) is 26.2 Å². The lowest BCUT2D eigenvalue weighted by Gasteiger charge is -2.17. The van der Waals surface area contributed by atoms with Crippen molar-refractivity contribution in [2.24, 2.45) is 0 Å². The number of anilines is 1. The molecule has 3 aromatic rings. The number of carboxylic acid groups (broad SMARTS) is 1. The van der Waals surface area contributed by atoms with Crippen LogP contribution in [0.15, 0.2) is 41.8 Å². The molecule has 0 radical (unpaired) electrons. The van der Waals surface area contributed by atoms with Gasteiger partial charge in [-0.3, -0.25) is 9.59 Å². The van der Waals surface area contributed by atoms with Gasteiger partial charge in [0.2, 0.25) is 0 Å². The number of aryl methyl sites for hydroxylation is 3. The van der Waals surface area contributed by atoms with Gasteiger partial charge < -0.3 is 15.3 Å². The zero-order valence-electron chi connectivity index (χ0n) is 20.3. The van der Waals surface area contributed by atoms with Crippen LogP contribution in [-0.2, 0) is 24.1 Å². The average Bonchev–Trinajstić information content (AvgIpc) is 3.33. The molecule has 0 bridgehead atoms. The fourth-order valence-corrected chi connectivity index (χ4v) is 5.34. The Labute approximate surface area is 210 Å². The molecule has 1 aliphatic heterocycles. The van der Waals surface area contributed by atoms with Crippen LogP contribution in [0, 0.1) is 0 Å². The van der Waals surface area contributed by atoms with Crippen LogP contribution in [-0.4, -0.2) is 52.5 Å². The number of nitrogens with one attached hydrogen (secondary N) is 1. The number of amides is 1. The predicted octanol–water partition coefficient (Wildman–Crippen LogP) is 4.77. The third-order valence-corrected chi connectivity index (χ3v) is 7.29. The summed E-state index contributed by atoms with van der Waals surface area (Å²) >= 11 is 1.51. The van der Waals surface area contributed by atoms with Gasteiger partial charge in [0.1, 0.15) is 10.8 Å². The van der Waals surface area contributed by atoms with Gasteiger partial charge in [-0.15, -0.1) is 11.3 Å². The van der Waals surface area contributed by atoms with Crippen molar-refractivity contribution in [1.29, 1.82) is 0 Å². The maximum Gasteiger partial charge on any atom is 0.304 e. The minimum Gasteiger partial charge on any atom is -0.481 e. The number of nitrogens with zero attached hydrogens (tertiary/aromatic N) is 3. The Morgan fingerprint density at radius 2 is 1.80 bits per heavy atom. The number of fused-ring (bicyclic) bond motifs is 1. The Kier molecular flexibility index (Phi) is 8.13. The van der Waals surface area contributed by atoms with Crippen LogP contribution in [0.2, 0.25) is 0 Å². The molecule has 2 N–H and O–H groups in total. The Morgan fingerprint density at radius 3 is 2.51 bits per heavy atom. The third kappa shape index (κ3) is 6.45. The SMILES string of the molecule is CN(C)C(=O)c1ccc([C@@H](CC(=O)O)c2nc(CCCCc3ccc4c(n3)NCCC4)cs2)cc1. The first kappa shape index (κ1) is 24.9. The highest BCUT2D eigenvalue weighted by atomic mass is 32.1. The monoisotopic (exact) mass is 492 g/mol. The highest BCUT2D eigenvalue weighted by Gasteiger charge is 2.22. The summed E-state index contributed by atoms with van der Waals surface area (Å²) in [6, 6.07) is 11.5. The van der Waals surface area contributed by atoms with E-state index in [9.17, 15) is 14.7 Å². The van der Waals surface area contributed by atoms with Gasteiger partial charge in [0.15, 0.2) is 0 Å². The van der Waals surface area contributed by atoms with Crippen molar-refractivity contribution in [3.05, 3.63) is 74.9 Å². The molecule has 0 fully saturated rings. The first-order valence-electron chi connectivity index (χ1n) is 12.1. The van der Waals surface area contributed by atoms with Gasteiger partial charge in [-0.05, 0) is 67.9 Å². The lowest BCUT2D eigenvalue weighted by molar-refractivity contribution is -0.137. The smallest absolute Gasteiger partial charge is 0.304 e. The summed E-state index contributed by atoms with van der Waals surface area (Å²) in [5.41, 5.74) is 4.87. The minimum absolute atomic E-state index is 0.0358. The molecule has 0 saturated heterocycles. The summed E-state index contributed by atoms with van der Waals surface area (Å²) in [7, 11) is 3.42. The molecule has 8 heteroatoms.